The Kier molecular flexibility index (Phi) is 6.08. The van der Waals surface area contributed by atoms with Crippen LogP contribution in [-0.2, 0) is 4.79 Å². The molecule has 0 bridgehead atoms. The van der Waals surface area contributed by atoms with Gasteiger partial charge in [0, 0.05) is 18.4 Å². The van der Waals surface area contributed by atoms with E-state index in [1.165, 1.54) is 24.2 Å². The summed E-state index contributed by atoms with van der Waals surface area (Å²) < 4.78 is 7.52. The minimum atomic E-state index is -0.123. The summed E-state index contributed by atoms with van der Waals surface area (Å²) in [6.07, 6.45) is 0. The molecular weight excluding hydrogens is 362 g/mol. The molecule has 0 radical (unpaired) electrons. The van der Waals surface area contributed by atoms with Gasteiger partial charge in [-0.1, -0.05) is 30.0 Å². The first-order chi connectivity index (χ1) is 13.0. The van der Waals surface area contributed by atoms with Crippen LogP contribution < -0.4 is 10.1 Å². The van der Waals surface area contributed by atoms with E-state index in [9.17, 15) is 4.79 Å². The third-order valence-corrected chi connectivity index (χ3v) is 4.65. The van der Waals surface area contributed by atoms with E-state index in [2.05, 4.69) is 33.0 Å². The number of hydrogen-bond donors (Lipinski definition) is 1. The lowest BCUT2D eigenvalue weighted by Crippen LogP contribution is -2.07. The Labute approximate surface area is 162 Å². The maximum Gasteiger partial charge on any atom is 0.221 e. The molecule has 1 amide bonds. The van der Waals surface area contributed by atoms with Gasteiger partial charge in [0.2, 0.25) is 11.1 Å². The summed E-state index contributed by atoms with van der Waals surface area (Å²) in [6.45, 7) is 6.10. The van der Waals surface area contributed by atoms with Crippen LogP contribution in [0, 0.1) is 13.8 Å². The van der Waals surface area contributed by atoms with Crippen molar-refractivity contribution in [3.63, 3.8) is 0 Å². The second-order valence-corrected chi connectivity index (χ2v) is 7.13. The van der Waals surface area contributed by atoms with Gasteiger partial charge in [-0.05, 0) is 59.7 Å². The highest BCUT2D eigenvalue weighted by atomic mass is 32.2. The van der Waals surface area contributed by atoms with Gasteiger partial charge < -0.3 is 10.1 Å². The predicted octanol–water partition coefficient (Wildman–Crippen LogP) is 3.41. The summed E-state index contributed by atoms with van der Waals surface area (Å²) in [4.78, 5) is 11.2. The molecule has 7 nitrogen and oxygen atoms in total. The van der Waals surface area contributed by atoms with Crippen LogP contribution in [0.2, 0.25) is 0 Å². The highest BCUT2D eigenvalue weighted by Gasteiger charge is 2.10. The third-order valence-electron chi connectivity index (χ3n) is 3.77. The Balaban J connectivity index is 1.62. The van der Waals surface area contributed by atoms with Crippen LogP contribution in [0.3, 0.4) is 0 Å². The number of hydrogen-bond acceptors (Lipinski definition) is 6. The van der Waals surface area contributed by atoms with E-state index < -0.39 is 0 Å². The molecule has 0 aliphatic rings. The van der Waals surface area contributed by atoms with Gasteiger partial charge in [0.1, 0.15) is 5.75 Å². The van der Waals surface area contributed by atoms with Gasteiger partial charge in [0.25, 0.3) is 0 Å². The molecule has 27 heavy (non-hydrogen) atoms. The molecule has 0 saturated heterocycles. The van der Waals surface area contributed by atoms with Crippen molar-refractivity contribution < 1.29 is 9.53 Å². The fourth-order valence-corrected chi connectivity index (χ4v) is 3.20. The summed E-state index contributed by atoms with van der Waals surface area (Å²) in [5, 5.41) is 15.3. The van der Waals surface area contributed by atoms with Crippen molar-refractivity contribution in [3.8, 4) is 11.4 Å². The zero-order chi connectivity index (χ0) is 19.2. The number of thioether (sulfide) groups is 1. The molecule has 0 aliphatic carbocycles. The van der Waals surface area contributed by atoms with Crippen LogP contribution in [0.4, 0.5) is 5.69 Å². The minimum absolute atomic E-state index is 0.123. The van der Waals surface area contributed by atoms with Crippen LogP contribution in [0.15, 0.2) is 47.6 Å². The fraction of sp³-hybridized carbons (Fsp3) is 0.263. The quantitative estimate of drug-likeness (QED) is 0.497. The van der Waals surface area contributed by atoms with Crippen molar-refractivity contribution in [2.45, 2.75) is 25.9 Å². The summed E-state index contributed by atoms with van der Waals surface area (Å²) in [5.41, 5.74) is 3.77. The number of aryl methyl sites for hydroxylation is 2. The Morgan fingerprint density at radius 1 is 1.22 bits per heavy atom. The van der Waals surface area contributed by atoms with Crippen LogP contribution in [0.5, 0.6) is 5.75 Å². The Hall–Kier alpha value is -2.87. The van der Waals surface area contributed by atoms with E-state index in [4.69, 9.17) is 4.74 Å². The molecule has 3 aromatic rings. The average Bonchev–Trinajstić information content (AvgIpc) is 3.10. The summed E-state index contributed by atoms with van der Waals surface area (Å²) in [7, 11) is 0. The number of amides is 1. The Morgan fingerprint density at radius 2 is 2.07 bits per heavy atom. The molecule has 3 rings (SSSR count). The molecule has 0 fully saturated rings. The van der Waals surface area contributed by atoms with Gasteiger partial charge in [-0.25, -0.2) is 0 Å². The first kappa shape index (κ1) is 18.9. The molecule has 1 aromatic heterocycles. The van der Waals surface area contributed by atoms with Gasteiger partial charge in [0.15, 0.2) is 0 Å². The Bertz CT molecular complexity index is 941. The molecule has 8 heteroatoms. The van der Waals surface area contributed by atoms with Crippen LogP contribution in [0.25, 0.3) is 5.69 Å². The van der Waals surface area contributed by atoms with E-state index >= 15 is 0 Å². The lowest BCUT2D eigenvalue weighted by atomic mass is 10.1. The normalized spacial score (nSPS) is 10.6. The molecule has 1 heterocycles. The van der Waals surface area contributed by atoms with Gasteiger partial charge in [-0.15, -0.1) is 5.10 Å². The first-order valence-corrected chi connectivity index (χ1v) is 9.51. The molecule has 2 aromatic carbocycles. The lowest BCUT2D eigenvalue weighted by molar-refractivity contribution is -0.114. The largest absolute Gasteiger partial charge is 0.492 e. The van der Waals surface area contributed by atoms with Crippen LogP contribution in [-0.4, -0.2) is 38.5 Å². The number of benzene rings is 2. The Morgan fingerprint density at radius 3 is 2.89 bits per heavy atom. The average molecular weight is 383 g/mol. The number of rotatable bonds is 7. The van der Waals surface area contributed by atoms with E-state index in [-0.39, 0.29) is 5.91 Å². The van der Waals surface area contributed by atoms with Crippen molar-refractivity contribution in [1.29, 1.82) is 0 Å². The van der Waals surface area contributed by atoms with Crippen molar-refractivity contribution in [1.82, 2.24) is 20.2 Å². The molecule has 1 N–H and O–H groups in total. The molecular formula is C19H21N5O2S. The van der Waals surface area contributed by atoms with E-state index in [0.29, 0.717) is 23.2 Å². The number of carbonyl (C=O) groups excluding carboxylic acids is 1. The van der Waals surface area contributed by atoms with E-state index in [1.54, 1.807) is 4.68 Å². The summed E-state index contributed by atoms with van der Waals surface area (Å²) >= 11 is 1.51. The second kappa shape index (κ2) is 8.68. The number of nitrogens with zero attached hydrogens (tertiary/aromatic N) is 4. The molecule has 0 saturated carbocycles. The van der Waals surface area contributed by atoms with Crippen LogP contribution in [0.1, 0.15) is 18.1 Å². The number of ether oxygens (including phenoxy) is 1. The SMILES string of the molecule is CC(=O)Nc1cccc(-n2nnnc2SCCOc2cc(C)ccc2C)c1. The molecule has 0 aliphatic heterocycles. The second-order valence-electron chi connectivity index (χ2n) is 6.07. The van der Waals surface area contributed by atoms with Crippen molar-refractivity contribution >= 4 is 23.4 Å². The highest BCUT2D eigenvalue weighted by molar-refractivity contribution is 7.99. The molecule has 0 atom stereocenters. The number of nitrogens with one attached hydrogen (secondary N) is 1. The monoisotopic (exact) mass is 383 g/mol. The van der Waals surface area contributed by atoms with Gasteiger partial charge in [0.05, 0.1) is 12.3 Å². The summed E-state index contributed by atoms with van der Waals surface area (Å²) in [5.74, 6) is 1.49. The predicted molar refractivity (Wildman–Crippen MR) is 106 cm³/mol. The van der Waals surface area contributed by atoms with Crippen molar-refractivity contribution in [2.75, 3.05) is 17.7 Å². The molecule has 0 unspecified atom stereocenters. The maximum atomic E-state index is 11.2. The zero-order valence-electron chi connectivity index (χ0n) is 15.5. The van der Waals surface area contributed by atoms with E-state index in [1.807, 2.05) is 44.2 Å². The highest BCUT2D eigenvalue weighted by Crippen LogP contribution is 2.22. The topological polar surface area (TPSA) is 81.9 Å². The maximum absolute atomic E-state index is 11.2. The minimum Gasteiger partial charge on any atom is -0.492 e. The number of carbonyl (C=O) groups is 1. The third kappa shape index (κ3) is 5.07. The number of anilines is 1. The summed E-state index contributed by atoms with van der Waals surface area (Å²) in [6, 6.07) is 13.5. The fourth-order valence-electron chi connectivity index (χ4n) is 2.50. The van der Waals surface area contributed by atoms with Crippen molar-refractivity contribution in [3.05, 3.63) is 53.6 Å². The zero-order valence-corrected chi connectivity index (χ0v) is 16.3. The molecule has 140 valence electrons. The standard InChI is InChI=1S/C19H21N5O2S/c1-13-7-8-14(2)18(11-13)26-9-10-27-19-21-22-23-24(19)17-6-4-5-16(12-17)20-15(3)25/h4-8,11-12H,9-10H2,1-3H3,(H,20,25). The number of tetrazole rings is 1. The first-order valence-electron chi connectivity index (χ1n) is 8.52. The number of aromatic nitrogens is 4. The smallest absolute Gasteiger partial charge is 0.221 e. The van der Waals surface area contributed by atoms with Crippen LogP contribution >= 0.6 is 11.8 Å². The lowest BCUT2D eigenvalue weighted by Gasteiger charge is -2.10. The van der Waals surface area contributed by atoms with Crippen molar-refractivity contribution in [2.24, 2.45) is 0 Å². The van der Waals surface area contributed by atoms with Gasteiger partial charge in [-0.3, -0.25) is 4.79 Å². The van der Waals surface area contributed by atoms with E-state index in [0.717, 1.165) is 17.0 Å². The van der Waals surface area contributed by atoms with Gasteiger partial charge in [-0.2, -0.15) is 4.68 Å². The molecule has 0 spiro atoms. The van der Waals surface area contributed by atoms with Gasteiger partial charge >= 0.3 is 0 Å².